The Morgan fingerprint density at radius 1 is 0.872 bits per heavy atom. The third-order valence-corrected chi connectivity index (χ3v) is 8.28. The molecular formula is C38H44N2O7. The molecule has 0 radical (unpaired) electrons. The fourth-order valence-electron chi connectivity index (χ4n) is 5.96. The largest absolute Gasteiger partial charge is 0.496 e. The van der Waals surface area contributed by atoms with Crippen LogP contribution in [0.2, 0.25) is 0 Å². The molecule has 1 aliphatic heterocycles. The minimum atomic E-state index is -0.715. The summed E-state index contributed by atoms with van der Waals surface area (Å²) in [6, 6.07) is 30.1. The van der Waals surface area contributed by atoms with Crippen LogP contribution in [0.15, 0.2) is 84.9 Å². The molecule has 9 nitrogen and oxygen atoms in total. The molecule has 4 atom stereocenters. The van der Waals surface area contributed by atoms with Crippen LogP contribution in [0, 0.1) is 11.3 Å². The minimum absolute atomic E-state index is 0.0768. The summed E-state index contributed by atoms with van der Waals surface area (Å²) in [5, 5.41) is 25.2. The summed E-state index contributed by atoms with van der Waals surface area (Å²) in [6.45, 7) is 3.51. The van der Waals surface area contributed by atoms with E-state index in [-0.39, 0.29) is 31.3 Å². The first kappa shape index (κ1) is 34.3. The Morgan fingerprint density at radius 2 is 1.64 bits per heavy atom. The molecule has 5 rings (SSSR count). The van der Waals surface area contributed by atoms with E-state index in [9.17, 15) is 10.4 Å². The highest BCUT2D eigenvalue weighted by atomic mass is 16.5. The fraction of sp³-hybridized carbons (Fsp3) is 0.395. The SMILES string of the molecule is COCC(O)CO[C@@H]1CNC[C@H](OCc2cc(OC)c3ccccc3c2)[C@H]1c1ccc(OCCCOCc2ccccc2C#N)cc1. The van der Waals surface area contributed by atoms with Crippen molar-refractivity contribution in [2.24, 2.45) is 0 Å². The van der Waals surface area contributed by atoms with Gasteiger partial charge in [-0.2, -0.15) is 5.26 Å². The van der Waals surface area contributed by atoms with Crippen molar-refractivity contribution in [3.05, 3.63) is 107 Å². The van der Waals surface area contributed by atoms with E-state index in [1.54, 1.807) is 20.3 Å². The van der Waals surface area contributed by atoms with Crippen molar-refractivity contribution in [1.29, 1.82) is 5.26 Å². The third kappa shape index (κ3) is 9.52. The van der Waals surface area contributed by atoms with Gasteiger partial charge in [0.05, 0.1) is 70.6 Å². The molecule has 47 heavy (non-hydrogen) atoms. The van der Waals surface area contributed by atoms with Crippen molar-refractivity contribution in [2.45, 2.75) is 43.9 Å². The molecule has 1 fully saturated rings. The molecule has 0 spiro atoms. The molecule has 0 saturated carbocycles. The van der Waals surface area contributed by atoms with E-state index < -0.39 is 6.10 Å². The number of fused-ring (bicyclic) bond motifs is 1. The van der Waals surface area contributed by atoms with Crippen LogP contribution in [-0.2, 0) is 32.2 Å². The number of piperidine rings is 1. The standard InChI is InChI=1S/C38H44N2O7/c1-42-25-32(41)26-47-37-22-40-21-36(46-23-27-18-29-8-5-6-11-34(29)35(19-27)43-2)38(37)28-12-14-33(15-13-28)45-17-7-16-44-24-31-10-4-3-9-30(31)20-39/h3-6,8-15,18-19,32,36-38,40-41H,7,16-17,21-26H2,1-2H3/t32?,36-,37+,38+/m0/s1. The van der Waals surface area contributed by atoms with Crippen LogP contribution in [0.25, 0.3) is 10.8 Å². The summed E-state index contributed by atoms with van der Waals surface area (Å²) in [7, 11) is 3.25. The highest BCUT2D eigenvalue weighted by Crippen LogP contribution is 2.33. The molecule has 248 valence electrons. The molecule has 2 N–H and O–H groups in total. The molecule has 1 aliphatic rings. The van der Waals surface area contributed by atoms with Gasteiger partial charge in [0.1, 0.15) is 17.6 Å². The minimum Gasteiger partial charge on any atom is -0.496 e. The molecule has 4 aromatic carbocycles. The van der Waals surface area contributed by atoms with Crippen LogP contribution in [0.3, 0.4) is 0 Å². The average molecular weight is 641 g/mol. The van der Waals surface area contributed by atoms with Crippen LogP contribution < -0.4 is 14.8 Å². The van der Waals surface area contributed by atoms with Gasteiger partial charge in [0.15, 0.2) is 0 Å². The fourth-order valence-corrected chi connectivity index (χ4v) is 5.96. The van der Waals surface area contributed by atoms with E-state index >= 15 is 0 Å². The highest BCUT2D eigenvalue weighted by Gasteiger charge is 2.36. The Labute approximate surface area is 276 Å². The molecule has 1 saturated heterocycles. The summed E-state index contributed by atoms with van der Waals surface area (Å²) in [4.78, 5) is 0. The summed E-state index contributed by atoms with van der Waals surface area (Å²) < 4.78 is 35.4. The number of hydrogen-bond acceptors (Lipinski definition) is 9. The van der Waals surface area contributed by atoms with Crippen LogP contribution in [0.1, 0.15) is 34.6 Å². The number of methoxy groups -OCH3 is 2. The van der Waals surface area contributed by atoms with E-state index in [1.165, 1.54) is 0 Å². The van der Waals surface area contributed by atoms with Crippen LogP contribution in [0.4, 0.5) is 0 Å². The molecular weight excluding hydrogens is 596 g/mol. The van der Waals surface area contributed by atoms with Gasteiger partial charge in [-0.05, 0) is 52.4 Å². The number of nitrogens with one attached hydrogen (secondary N) is 1. The van der Waals surface area contributed by atoms with E-state index in [4.69, 9.17) is 28.4 Å². The summed E-state index contributed by atoms with van der Waals surface area (Å²) >= 11 is 0. The van der Waals surface area contributed by atoms with Crippen molar-refractivity contribution in [3.63, 3.8) is 0 Å². The first-order valence-corrected chi connectivity index (χ1v) is 16.0. The van der Waals surface area contributed by atoms with Crippen molar-refractivity contribution < 1.29 is 33.5 Å². The van der Waals surface area contributed by atoms with E-state index in [0.717, 1.165) is 45.4 Å². The van der Waals surface area contributed by atoms with E-state index in [2.05, 4.69) is 41.7 Å². The van der Waals surface area contributed by atoms with Crippen LogP contribution >= 0.6 is 0 Å². The highest BCUT2D eigenvalue weighted by molar-refractivity contribution is 5.89. The van der Waals surface area contributed by atoms with Crippen molar-refractivity contribution >= 4 is 10.8 Å². The number of aliphatic hydroxyl groups is 1. The van der Waals surface area contributed by atoms with Gasteiger partial charge in [-0.3, -0.25) is 0 Å². The Balaban J connectivity index is 1.21. The van der Waals surface area contributed by atoms with Crippen molar-refractivity contribution in [3.8, 4) is 17.6 Å². The maximum Gasteiger partial charge on any atom is 0.127 e. The number of nitriles is 1. The monoisotopic (exact) mass is 640 g/mol. The summed E-state index contributed by atoms with van der Waals surface area (Å²) in [5.74, 6) is 1.51. The lowest BCUT2D eigenvalue weighted by atomic mass is 9.85. The number of nitrogens with zero attached hydrogens (tertiary/aromatic N) is 1. The number of rotatable bonds is 17. The summed E-state index contributed by atoms with van der Waals surface area (Å²) in [5.41, 5.74) is 3.63. The lowest BCUT2D eigenvalue weighted by molar-refractivity contribution is -0.0856. The second-order valence-corrected chi connectivity index (χ2v) is 11.6. The maximum absolute atomic E-state index is 10.3. The van der Waals surface area contributed by atoms with Crippen molar-refractivity contribution in [2.75, 3.05) is 53.7 Å². The zero-order valence-corrected chi connectivity index (χ0v) is 27.1. The van der Waals surface area contributed by atoms with Gasteiger partial charge < -0.3 is 38.8 Å². The third-order valence-electron chi connectivity index (χ3n) is 8.28. The number of ether oxygens (including phenoxy) is 6. The molecule has 0 aromatic heterocycles. The first-order valence-electron chi connectivity index (χ1n) is 16.0. The quantitative estimate of drug-likeness (QED) is 0.147. The second kappa shape index (κ2) is 17.8. The number of benzene rings is 4. The lowest BCUT2D eigenvalue weighted by Crippen LogP contribution is -2.51. The molecule has 0 amide bonds. The Bertz CT molecular complexity index is 1590. The molecule has 0 bridgehead atoms. The molecule has 1 unspecified atom stereocenters. The van der Waals surface area contributed by atoms with Crippen LogP contribution in [-0.4, -0.2) is 77.2 Å². The Morgan fingerprint density at radius 3 is 2.43 bits per heavy atom. The molecule has 9 heteroatoms. The first-order chi connectivity index (χ1) is 23.1. The van der Waals surface area contributed by atoms with Gasteiger partial charge in [-0.1, -0.05) is 54.6 Å². The zero-order valence-electron chi connectivity index (χ0n) is 27.1. The van der Waals surface area contributed by atoms with Crippen LogP contribution in [0.5, 0.6) is 11.5 Å². The Kier molecular flexibility index (Phi) is 13.0. The average Bonchev–Trinajstić information content (AvgIpc) is 3.11. The zero-order chi connectivity index (χ0) is 32.8. The summed E-state index contributed by atoms with van der Waals surface area (Å²) in [6.07, 6.45) is -0.393. The predicted molar refractivity (Wildman–Crippen MR) is 180 cm³/mol. The Hall–Kier alpha value is -4.01. The molecule has 0 aliphatic carbocycles. The van der Waals surface area contributed by atoms with Gasteiger partial charge in [-0.25, -0.2) is 0 Å². The van der Waals surface area contributed by atoms with Gasteiger partial charge in [0.25, 0.3) is 0 Å². The smallest absolute Gasteiger partial charge is 0.127 e. The maximum atomic E-state index is 10.3. The van der Waals surface area contributed by atoms with Crippen molar-refractivity contribution in [1.82, 2.24) is 5.32 Å². The predicted octanol–water partition coefficient (Wildman–Crippen LogP) is 5.37. The van der Waals surface area contributed by atoms with Gasteiger partial charge in [0, 0.05) is 37.9 Å². The number of aliphatic hydroxyl groups excluding tert-OH is 1. The van der Waals surface area contributed by atoms with E-state index in [1.807, 2.05) is 48.5 Å². The second-order valence-electron chi connectivity index (χ2n) is 11.6. The van der Waals surface area contributed by atoms with Gasteiger partial charge in [-0.15, -0.1) is 0 Å². The van der Waals surface area contributed by atoms with E-state index in [0.29, 0.717) is 45.1 Å². The topological polar surface area (TPSA) is 111 Å². The normalized spacial score (nSPS) is 18.5. The van der Waals surface area contributed by atoms with Gasteiger partial charge in [0.2, 0.25) is 0 Å². The molecule has 4 aromatic rings. The number of hydrogen-bond donors (Lipinski definition) is 2. The van der Waals surface area contributed by atoms with Gasteiger partial charge >= 0.3 is 0 Å². The lowest BCUT2D eigenvalue weighted by Gasteiger charge is -2.39. The molecule has 1 heterocycles.